The van der Waals surface area contributed by atoms with Crippen LogP contribution in [0.25, 0.3) is 0 Å². The first-order valence-electron chi connectivity index (χ1n) is 4.58. The predicted molar refractivity (Wildman–Crippen MR) is 54.4 cm³/mol. The first-order chi connectivity index (χ1) is 6.07. The maximum absolute atomic E-state index is 5.66. The minimum absolute atomic E-state index is 0.0439. The number of aryl methyl sites for hydroxylation is 1. The maximum Gasteiger partial charge on any atom is 0.142 e. The predicted octanol–water partition coefficient (Wildman–Crippen LogP) is 2.58. The summed E-state index contributed by atoms with van der Waals surface area (Å²) in [6.45, 7) is 7.07. The zero-order valence-electron chi connectivity index (χ0n) is 8.35. The number of anilines is 1. The number of hydrogen-bond donors (Lipinski definition) is 1. The van der Waals surface area contributed by atoms with E-state index in [2.05, 4.69) is 44.3 Å². The molecule has 13 heavy (non-hydrogen) atoms. The highest BCUT2D eigenvalue weighted by Crippen LogP contribution is 2.32. The summed E-state index contributed by atoms with van der Waals surface area (Å²) < 4.78 is 5.66. The van der Waals surface area contributed by atoms with E-state index in [1.54, 1.807) is 0 Å². The monoisotopic (exact) mass is 177 g/mol. The van der Waals surface area contributed by atoms with Crippen LogP contribution < -0.4 is 10.1 Å². The molecule has 0 bridgehead atoms. The Morgan fingerprint density at radius 1 is 1.38 bits per heavy atom. The van der Waals surface area contributed by atoms with Gasteiger partial charge in [-0.25, -0.2) is 0 Å². The van der Waals surface area contributed by atoms with E-state index in [0.29, 0.717) is 0 Å². The zero-order valence-corrected chi connectivity index (χ0v) is 8.35. The number of fused-ring (bicyclic) bond motifs is 1. The molecule has 0 aliphatic carbocycles. The largest absolute Gasteiger partial charge is 0.489 e. The van der Waals surface area contributed by atoms with Crippen molar-refractivity contribution in [2.75, 3.05) is 11.9 Å². The van der Waals surface area contributed by atoms with Crippen LogP contribution in [0.3, 0.4) is 0 Å². The highest BCUT2D eigenvalue weighted by Gasteiger charge is 2.24. The van der Waals surface area contributed by atoms with E-state index in [0.717, 1.165) is 18.0 Å². The number of ether oxygens (including phenoxy) is 1. The standard InChI is InChI=1S/C11H15NO/c1-8-4-5-9-10(6-8)13-7-11(2,3)12-9/h4-6,12H,7H2,1-3H3. The topological polar surface area (TPSA) is 21.3 Å². The molecule has 0 spiro atoms. The molecule has 1 aliphatic rings. The SMILES string of the molecule is Cc1ccc2c(c1)OCC(C)(C)N2. The molecule has 0 saturated carbocycles. The third kappa shape index (κ3) is 1.62. The fourth-order valence-electron chi connectivity index (χ4n) is 1.51. The Hall–Kier alpha value is -1.18. The van der Waals surface area contributed by atoms with Crippen LogP contribution in [0.15, 0.2) is 18.2 Å². The molecule has 0 saturated heterocycles. The second kappa shape index (κ2) is 2.66. The fraction of sp³-hybridized carbons (Fsp3) is 0.455. The molecule has 1 N–H and O–H groups in total. The van der Waals surface area contributed by atoms with Crippen molar-refractivity contribution < 1.29 is 4.74 Å². The molecule has 0 aromatic heterocycles. The minimum atomic E-state index is 0.0439. The summed E-state index contributed by atoms with van der Waals surface area (Å²) in [5.74, 6) is 0.972. The van der Waals surface area contributed by atoms with Gasteiger partial charge < -0.3 is 10.1 Å². The normalized spacial score (nSPS) is 18.4. The van der Waals surface area contributed by atoms with E-state index in [1.807, 2.05) is 0 Å². The first kappa shape index (κ1) is 8.42. The van der Waals surface area contributed by atoms with Crippen LogP contribution in [-0.4, -0.2) is 12.1 Å². The van der Waals surface area contributed by atoms with Gasteiger partial charge in [-0.3, -0.25) is 0 Å². The van der Waals surface area contributed by atoms with E-state index in [4.69, 9.17) is 4.74 Å². The molecule has 2 rings (SSSR count). The van der Waals surface area contributed by atoms with E-state index >= 15 is 0 Å². The summed E-state index contributed by atoms with van der Waals surface area (Å²) in [4.78, 5) is 0. The van der Waals surface area contributed by atoms with Crippen molar-refractivity contribution in [1.29, 1.82) is 0 Å². The van der Waals surface area contributed by atoms with Crippen LogP contribution in [0.5, 0.6) is 5.75 Å². The van der Waals surface area contributed by atoms with E-state index < -0.39 is 0 Å². The second-order valence-electron chi connectivity index (χ2n) is 4.30. The van der Waals surface area contributed by atoms with E-state index in [-0.39, 0.29) is 5.54 Å². The number of nitrogens with one attached hydrogen (secondary N) is 1. The Bertz CT molecular complexity index is 331. The molecule has 0 fully saturated rings. The average Bonchev–Trinajstić information content (AvgIpc) is 2.05. The zero-order chi connectivity index (χ0) is 9.47. The van der Waals surface area contributed by atoms with Crippen molar-refractivity contribution in [2.45, 2.75) is 26.3 Å². The van der Waals surface area contributed by atoms with Gasteiger partial charge in [-0.1, -0.05) is 6.07 Å². The molecule has 0 amide bonds. The summed E-state index contributed by atoms with van der Waals surface area (Å²) in [5, 5.41) is 3.44. The van der Waals surface area contributed by atoms with Gasteiger partial charge in [-0.15, -0.1) is 0 Å². The van der Waals surface area contributed by atoms with E-state index in [1.165, 1.54) is 5.56 Å². The van der Waals surface area contributed by atoms with Crippen molar-refractivity contribution in [2.24, 2.45) is 0 Å². The van der Waals surface area contributed by atoms with Gasteiger partial charge in [0.25, 0.3) is 0 Å². The molecule has 70 valence electrons. The highest BCUT2D eigenvalue weighted by atomic mass is 16.5. The van der Waals surface area contributed by atoms with Crippen molar-refractivity contribution >= 4 is 5.69 Å². The lowest BCUT2D eigenvalue weighted by Gasteiger charge is -2.33. The lowest BCUT2D eigenvalue weighted by molar-refractivity contribution is 0.242. The van der Waals surface area contributed by atoms with Gasteiger partial charge in [0.05, 0.1) is 11.2 Å². The first-order valence-corrected chi connectivity index (χ1v) is 4.58. The summed E-state index contributed by atoms with van der Waals surface area (Å²) in [5.41, 5.74) is 2.38. The Morgan fingerprint density at radius 2 is 2.15 bits per heavy atom. The average molecular weight is 177 g/mol. The van der Waals surface area contributed by atoms with Crippen LogP contribution >= 0.6 is 0 Å². The molecule has 0 atom stereocenters. The summed E-state index contributed by atoms with van der Waals surface area (Å²) in [6, 6.07) is 6.24. The van der Waals surface area contributed by atoms with Crippen LogP contribution in [0.2, 0.25) is 0 Å². The summed E-state index contributed by atoms with van der Waals surface area (Å²) in [6.07, 6.45) is 0. The van der Waals surface area contributed by atoms with Crippen molar-refractivity contribution in [3.05, 3.63) is 23.8 Å². The summed E-state index contributed by atoms with van der Waals surface area (Å²) >= 11 is 0. The van der Waals surface area contributed by atoms with Gasteiger partial charge in [0.2, 0.25) is 0 Å². The van der Waals surface area contributed by atoms with Gasteiger partial charge in [-0.2, -0.15) is 0 Å². The van der Waals surface area contributed by atoms with Gasteiger partial charge in [0.15, 0.2) is 0 Å². The van der Waals surface area contributed by atoms with Crippen LogP contribution in [0.4, 0.5) is 5.69 Å². The van der Waals surface area contributed by atoms with Crippen LogP contribution in [0.1, 0.15) is 19.4 Å². The van der Waals surface area contributed by atoms with Crippen molar-refractivity contribution in [1.82, 2.24) is 0 Å². The molecule has 1 aromatic carbocycles. The van der Waals surface area contributed by atoms with Crippen molar-refractivity contribution in [3.8, 4) is 5.75 Å². The molecular weight excluding hydrogens is 162 g/mol. The molecule has 2 nitrogen and oxygen atoms in total. The lowest BCUT2D eigenvalue weighted by atomic mass is 10.0. The van der Waals surface area contributed by atoms with Crippen molar-refractivity contribution in [3.63, 3.8) is 0 Å². The lowest BCUT2D eigenvalue weighted by Crippen LogP contribution is -2.40. The Balaban J connectivity index is 2.37. The smallest absolute Gasteiger partial charge is 0.142 e. The quantitative estimate of drug-likeness (QED) is 0.657. The Kier molecular flexibility index (Phi) is 1.72. The van der Waals surface area contributed by atoms with Crippen LogP contribution in [0, 0.1) is 6.92 Å². The van der Waals surface area contributed by atoms with Gasteiger partial charge in [0, 0.05) is 0 Å². The molecule has 1 aliphatic heterocycles. The van der Waals surface area contributed by atoms with Gasteiger partial charge >= 0.3 is 0 Å². The number of rotatable bonds is 0. The molecule has 2 heteroatoms. The molecule has 1 heterocycles. The molecule has 0 unspecified atom stereocenters. The number of hydrogen-bond acceptors (Lipinski definition) is 2. The van der Waals surface area contributed by atoms with Gasteiger partial charge in [-0.05, 0) is 38.5 Å². The Labute approximate surface area is 78.9 Å². The third-order valence-electron chi connectivity index (χ3n) is 2.20. The Morgan fingerprint density at radius 3 is 2.92 bits per heavy atom. The van der Waals surface area contributed by atoms with E-state index in [9.17, 15) is 0 Å². The van der Waals surface area contributed by atoms with Crippen LogP contribution in [-0.2, 0) is 0 Å². The molecular formula is C11H15NO. The second-order valence-corrected chi connectivity index (χ2v) is 4.30. The maximum atomic E-state index is 5.66. The highest BCUT2D eigenvalue weighted by molar-refractivity contribution is 5.60. The minimum Gasteiger partial charge on any atom is -0.489 e. The molecule has 1 aromatic rings. The molecule has 0 radical (unpaired) electrons. The number of benzene rings is 1. The summed E-state index contributed by atoms with van der Waals surface area (Å²) in [7, 11) is 0. The van der Waals surface area contributed by atoms with Gasteiger partial charge in [0.1, 0.15) is 12.4 Å². The third-order valence-corrected chi connectivity index (χ3v) is 2.20. The fourth-order valence-corrected chi connectivity index (χ4v) is 1.51.